The lowest BCUT2D eigenvalue weighted by molar-refractivity contribution is 0.0985. The van der Waals surface area contributed by atoms with E-state index in [1.54, 1.807) is 37.3 Å². The second-order valence-electron chi connectivity index (χ2n) is 8.92. The number of ether oxygens (including phenoxy) is 2. The number of fused-ring (bicyclic) bond motifs is 1. The minimum Gasteiger partial charge on any atom is -0.493 e. The van der Waals surface area contributed by atoms with Crippen LogP contribution in [0.15, 0.2) is 41.3 Å². The van der Waals surface area contributed by atoms with Crippen molar-refractivity contribution in [1.82, 2.24) is 14.2 Å². The maximum absolute atomic E-state index is 13.6. The van der Waals surface area contributed by atoms with E-state index in [4.69, 9.17) is 14.5 Å². The van der Waals surface area contributed by atoms with Crippen LogP contribution in [0.25, 0.3) is 10.2 Å². The van der Waals surface area contributed by atoms with Crippen LogP contribution in [0, 0.1) is 0 Å². The number of nitrogens with zero attached hydrogens (tertiary/aromatic N) is 4. The van der Waals surface area contributed by atoms with Gasteiger partial charge in [0.2, 0.25) is 10.0 Å². The van der Waals surface area contributed by atoms with Crippen molar-refractivity contribution in [2.75, 3.05) is 59.4 Å². The Hall–Kier alpha value is -2.44. The predicted molar refractivity (Wildman–Crippen MR) is 149 cm³/mol. The lowest BCUT2D eigenvalue weighted by atomic mass is 10.2. The molecule has 0 aliphatic carbocycles. The van der Waals surface area contributed by atoms with Crippen LogP contribution < -0.4 is 14.4 Å². The molecule has 1 aliphatic rings. The molecule has 1 saturated heterocycles. The van der Waals surface area contributed by atoms with Gasteiger partial charge in [-0.3, -0.25) is 9.69 Å². The van der Waals surface area contributed by atoms with Crippen LogP contribution >= 0.6 is 23.7 Å². The number of carbonyl (C=O) groups excluding carboxylic acids is 1. The molecule has 2 heterocycles. The van der Waals surface area contributed by atoms with Gasteiger partial charge in [-0.15, -0.1) is 12.4 Å². The molecule has 1 fully saturated rings. The minimum absolute atomic E-state index is 0. The summed E-state index contributed by atoms with van der Waals surface area (Å²) in [6.07, 6.45) is 2.79. The summed E-state index contributed by atoms with van der Waals surface area (Å²) in [5, 5.41) is 0.553. The highest BCUT2D eigenvalue weighted by Gasteiger charge is 2.27. The van der Waals surface area contributed by atoms with Crippen molar-refractivity contribution < 1.29 is 22.7 Å². The molecule has 37 heavy (non-hydrogen) atoms. The third-order valence-corrected chi connectivity index (χ3v) is 9.14. The summed E-state index contributed by atoms with van der Waals surface area (Å²) >= 11 is 1.39. The number of hydrogen-bond donors (Lipinski definition) is 0. The van der Waals surface area contributed by atoms with Gasteiger partial charge < -0.3 is 14.4 Å². The molecule has 9 nitrogen and oxygen atoms in total. The number of carbonyl (C=O) groups is 1. The Labute approximate surface area is 228 Å². The summed E-state index contributed by atoms with van der Waals surface area (Å²) in [5.41, 5.74) is 1.11. The molecule has 0 atom stereocenters. The normalized spacial score (nSPS) is 14.4. The van der Waals surface area contributed by atoms with Gasteiger partial charge in [0.1, 0.15) is 0 Å². The first-order chi connectivity index (χ1) is 17.2. The maximum atomic E-state index is 13.6. The number of anilines is 1. The first-order valence-corrected chi connectivity index (χ1v) is 14.1. The molecular weight excluding hydrogens is 536 g/mol. The molecule has 12 heteroatoms. The number of hydrogen-bond acceptors (Lipinski definition) is 8. The number of benzene rings is 2. The molecule has 1 aliphatic heterocycles. The topological polar surface area (TPSA) is 92.3 Å². The number of amides is 1. The Morgan fingerprint density at radius 1 is 1.00 bits per heavy atom. The van der Waals surface area contributed by atoms with Crippen LogP contribution in [0.1, 0.15) is 29.6 Å². The van der Waals surface area contributed by atoms with Crippen LogP contribution in [0.3, 0.4) is 0 Å². The fourth-order valence-corrected chi connectivity index (χ4v) is 6.64. The Morgan fingerprint density at radius 3 is 2.22 bits per heavy atom. The molecule has 0 spiro atoms. The van der Waals surface area contributed by atoms with E-state index in [2.05, 4.69) is 0 Å². The molecule has 0 saturated carbocycles. The summed E-state index contributed by atoms with van der Waals surface area (Å²) in [5.74, 6) is 0.923. The Balaban J connectivity index is 0.00000380. The Morgan fingerprint density at radius 2 is 1.62 bits per heavy atom. The predicted octanol–water partition coefficient (Wildman–Crippen LogP) is 4.12. The van der Waals surface area contributed by atoms with Crippen LogP contribution in [0.2, 0.25) is 0 Å². The summed E-state index contributed by atoms with van der Waals surface area (Å²) in [4.78, 5) is 22.2. The summed E-state index contributed by atoms with van der Waals surface area (Å²) in [7, 11) is 3.47. The number of rotatable bonds is 9. The smallest absolute Gasteiger partial charge is 0.260 e. The average Bonchev–Trinajstić information content (AvgIpc) is 3.30. The molecule has 202 valence electrons. The van der Waals surface area contributed by atoms with Gasteiger partial charge in [0.25, 0.3) is 5.91 Å². The number of piperidine rings is 1. The molecular formula is C25H33ClN4O5S2. The number of likely N-dealkylation sites (N-methyl/N-ethyl adjacent to an activating group) is 1. The molecule has 3 aromatic rings. The van der Waals surface area contributed by atoms with E-state index < -0.39 is 10.0 Å². The van der Waals surface area contributed by atoms with E-state index in [-0.39, 0.29) is 23.2 Å². The van der Waals surface area contributed by atoms with Gasteiger partial charge in [0, 0.05) is 43.9 Å². The Kier molecular flexibility index (Phi) is 9.76. The SMILES string of the molecule is COc1cc2nc(N(CCN(C)C)C(=O)c3ccc(S(=O)(=O)N4CCCCC4)cc3)sc2cc1OC.Cl. The van der Waals surface area contributed by atoms with Crippen molar-refractivity contribution in [2.45, 2.75) is 24.2 Å². The summed E-state index contributed by atoms with van der Waals surface area (Å²) in [6, 6.07) is 9.86. The fourth-order valence-electron chi connectivity index (χ4n) is 4.12. The van der Waals surface area contributed by atoms with Gasteiger partial charge in [0.05, 0.1) is 29.3 Å². The second kappa shape index (κ2) is 12.4. The van der Waals surface area contributed by atoms with Crippen molar-refractivity contribution in [3.63, 3.8) is 0 Å². The first kappa shape index (κ1) is 29.1. The maximum Gasteiger partial charge on any atom is 0.260 e. The quantitative estimate of drug-likeness (QED) is 0.383. The van der Waals surface area contributed by atoms with Gasteiger partial charge in [-0.25, -0.2) is 13.4 Å². The fraction of sp³-hybridized carbons (Fsp3) is 0.440. The van der Waals surface area contributed by atoms with Crippen molar-refractivity contribution in [3.8, 4) is 11.5 Å². The lowest BCUT2D eigenvalue weighted by Crippen LogP contribution is -2.37. The third kappa shape index (κ3) is 6.35. The van der Waals surface area contributed by atoms with Crippen molar-refractivity contribution in [1.29, 1.82) is 0 Å². The molecule has 4 rings (SSSR count). The highest BCUT2D eigenvalue weighted by molar-refractivity contribution is 7.89. The molecule has 0 radical (unpaired) electrons. The highest BCUT2D eigenvalue weighted by Crippen LogP contribution is 2.37. The zero-order valence-electron chi connectivity index (χ0n) is 21.5. The van der Waals surface area contributed by atoms with Gasteiger partial charge in [0.15, 0.2) is 16.6 Å². The van der Waals surface area contributed by atoms with E-state index in [9.17, 15) is 13.2 Å². The zero-order chi connectivity index (χ0) is 25.9. The number of methoxy groups -OCH3 is 2. The van der Waals surface area contributed by atoms with E-state index in [1.807, 2.05) is 25.1 Å². The first-order valence-electron chi connectivity index (χ1n) is 11.8. The Bertz CT molecular complexity index is 1280. The summed E-state index contributed by atoms with van der Waals surface area (Å²) < 4.78 is 39.2. The van der Waals surface area contributed by atoms with Crippen molar-refractivity contribution in [2.24, 2.45) is 0 Å². The van der Waals surface area contributed by atoms with Crippen molar-refractivity contribution >= 4 is 55.0 Å². The van der Waals surface area contributed by atoms with E-state index in [0.29, 0.717) is 53.9 Å². The molecule has 1 aromatic heterocycles. The number of sulfonamides is 1. The van der Waals surface area contributed by atoms with Gasteiger partial charge in [-0.05, 0) is 51.2 Å². The number of halogens is 1. The number of thiazole rings is 1. The van der Waals surface area contributed by atoms with E-state index >= 15 is 0 Å². The average molecular weight is 569 g/mol. The zero-order valence-corrected chi connectivity index (χ0v) is 23.9. The van der Waals surface area contributed by atoms with Crippen LogP contribution in [0.4, 0.5) is 5.13 Å². The molecule has 0 bridgehead atoms. The lowest BCUT2D eigenvalue weighted by Gasteiger charge is -2.26. The van der Waals surface area contributed by atoms with Gasteiger partial charge in [-0.2, -0.15) is 4.31 Å². The van der Waals surface area contributed by atoms with Gasteiger partial charge in [-0.1, -0.05) is 17.8 Å². The van der Waals surface area contributed by atoms with E-state index in [1.165, 1.54) is 27.8 Å². The standard InChI is InChI=1S/C25H32N4O5S2.ClH/c1-27(2)14-15-29(25-26-20-16-21(33-3)22(34-4)17-23(20)35-25)24(30)18-8-10-19(11-9-18)36(31,32)28-12-6-5-7-13-28;/h8-11,16-17H,5-7,12-15H2,1-4H3;1H. The monoisotopic (exact) mass is 568 g/mol. The van der Waals surface area contributed by atoms with Crippen LogP contribution in [-0.4, -0.2) is 83.0 Å². The largest absolute Gasteiger partial charge is 0.493 e. The van der Waals surface area contributed by atoms with Crippen LogP contribution in [0.5, 0.6) is 11.5 Å². The van der Waals surface area contributed by atoms with Gasteiger partial charge >= 0.3 is 0 Å². The molecule has 0 N–H and O–H groups in total. The molecule has 2 aromatic carbocycles. The third-order valence-electron chi connectivity index (χ3n) is 6.18. The second-order valence-corrected chi connectivity index (χ2v) is 11.9. The molecule has 1 amide bonds. The van der Waals surface area contributed by atoms with Crippen molar-refractivity contribution in [3.05, 3.63) is 42.0 Å². The highest BCUT2D eigenvalue weighted by atomic mass is 35.5. The molecule has 0 unspecified atom stereocenters. The van der Waals surface area contributed by atoms with Crippen LogP contribution in [-0.2, 0) is 10.0 Å². The van der Waals surface area contributed by atoms with E-state index in [0.717, 1.165) is 24.0 Å². The number of aromatic nitrogens is 1. The summed E-state index contributed by atoms with van der Waals surface area (Å²) in [6.45, 7) is 2.13. The minimum atomic E-state index is -3.56.